The SMILES string of the molecule is C=CC(=O)N1CC2(CCN(C(=O)[C@H]3CCC(C)(C)C[C@@H]3c3ccc(F)cc3Cl)[C@@H](C)C2)C1. The van der Waals surface area contributed by atoms with Crippen molar-refractivity contribution < 1.29 is 14.0 Å². The summed E-state index contributed by atoms with van der Waals surface area (Å²) in [4.78, 5) is 29.6. The molecule has 0 N–H and O–H groups in total. The van der Waals surface area contributed by atoms with Crippen molar-refractivity contribution in [1.82, 2.24) is 9.80 Å². The standard InChI is InChI=1S/C26H34ClFN2O2/c1-5-23(31)29-15-26(16-29)10-11-30(17(2)13-26)24(32)20-8-9-25(3,4)14-21(20)19-7-6-18(28)12-22(19)27/h5-7,12,17,20-21H,1,8-11,13-16H2,2-4H3/t17-,20-,21+/m0/s1. The monoisotopic (exact) mass is 460 g/mol. The van der Waals surface area contributed by atoms with Gasteiger partial charge >= 0.3 is 0 Å². The van der Waals surface area contributed by atoms with Gasteiger partial charge in [0, 0.05) is 42.0 Å². The maximum atomic E-state index is 13.8. The van der Waals surface area contributed by atoms with Crippen LogP contribution in [0.5, 0.6) is 0 Å². The third-order valence-electron chi connectivity index (χ3n) is 8.03. The summed E-state index contributed by atoms with van der Waals surface area (Å²) in [5, 5.41) is 0.414. The number of carbonyl (C=O) groups is 2. The van der Waals surface area contributed by atoms with Crippen LogP contribution >= 0.6 is 11.6 Å². The third-order valence-corrected chi connectivity index (χ3v) is 8.36. The first-order valence-corrected chi connectivity index (χ1v) is 12.1. The van der Waals surface area contributed by atoms with Gasteiger partial charge in [0.2, 0.25) is 11.8 Å². The van der Waals surface area contributed by atoms with Crippen LogP contribution < -0.4 is 0 Å². The molecule has 1 aromatic carbocycles. The van der Waals surface area contributed by atoms with Gasteiger partial charge in [0.15, 0.2) is 0 Å². The minimum atomic E-state index is -0.351. The lowest BCUT2D eigenvalue weighted by Gasteiger charge is -2.56. The number of likely N-dealkylation sites (tertiary alicyclic amines) is 2. The van der Waals surface area contributed by atoms with E-state index in [0.717, 1.165) is 57.3 Å². The van der Waals surface area contributed by atoms with Gasteiger partial charge in [-0.2, -0.15) is 0 Å². The number of amides is 2. The zero-order valence-corrected chi connectivity index (χ0v) is 20.1. The van der Waals surface area contributed by atoms with Crippen LogP contribution in [0.15, 0.2) is 30.9 Å². The number of rotatable bonds is 3. The highest BCUT2D eigenvalue weighted by Crippen LogP contribution is 2.50. The minimum Gasteiger partial charge on any atom is -0.340 e. The zero-order chi connectivity index (χ0) is 23.3. The van der Waals surface area contributed by atoms with Crippen molar-refractivity contribution in [3.05, 3.63) is 47.3 Å². The Hall–Kier alpha value is -1.88. The Balaban J connectivity index is 1.50. The molecule has 4 rings (SSSR count). The van der Waals surface area contributed by atoms with E-state index >= 15 is 0 Å². The molecule has 32 heavy (non-hydrogen) atoms. The molecule has 0 aromatic heterocycles. The molecule has 1 aliphatic carbocycles. The Morgan fingerprint density at radius 3 is 2.56 bits per heavy atom. The van der Waals surface area contributed by atoms with Crippen LogP contribution in [0.4, 0.5) is 4.39 Å². The summed E-state index contributed by atoms with van der Waals surface area (Å²) in [6, 6.07) is 4.71. The molecule has 174 valence electrons. The van der Waals surface area contributed by atoms with Gasteiger partial charge in [-0.15, -0.1) is 0 Å². The van der Waals surface area contributed by atoms with Gasteiger partial charge < -0.3 is 9.80 Å². The molecular formula is C26H34ClFN2O2. The Labute approximate surface area is 195 Å². The van der Waals surface area contributed by atoms with Gasteiger partial charge in [-0.1, -0.05) is 38.1 Å². The first kappa shape index (κ1) is 23.3. The predicted octanol–water partition coefficient (Wildman–Crippen LogP) is 5.41. The summed E-state index contributed by atoms with van der Waals surface area (Å²) in [6.07, 6.45) is 5.88. The lowest BCUT2D eigenvalue weighted by molar-refractivity contribution is -0.153. The number of hydrogen-bond acceptors (Lipinski definition) is 2. The molecule has 0 radical (unpaired) electrons. The summed E-state index contributed by atoms with van der Waals surface area (Å²) in [5.41, 5.74) is 1.13. The fourth-order valence-corrected chi connectivity index (χ4v) is 6.61. The van der Waals surface area contributed by atoms with E-state index in [2.05, 4.69) is 32.3 Å². The molecule has 3 aliphatic rings. The maximum absolute atomic E-state index is 13.8. The second kappa shape index (κ2) is 8.48. The average molecular weight is 461 g/mol. The number of nitrogens with zero attached hydrogens (tertiary/aromatic N) is 2. The molecule has 1 spiro atoms. The van der Waals surface area contributed by atoms with Crippen LogP contribution in [0.3, 0.4) is 0 Å². The van der Waals surface area contributed by atoms with Crippen LogP contribution in [0, 0.1) is 22.6 Å². The predicted molar refractivity (Wildman–Crippen MR) is 125 cm³/mol. The van der Waals surface area contributed by atoms with Gasteiger partial charge in [0.25, 0.3) is 0 Å². The smallest absolute Gasteiger partial charge is 0.245 e. The molecule has 2 aliphatic heterocycles. The minimum absolute atomic E-state index is 0.00755. The van der Waals surface area contributed by atoms with Gasteiger partial charge in [-0.25, -0.2) is 4.39 Å². The Morgan fingerprint density at radius 1 is 1.22 bits per heavy atom. The lowest BCUT2D eigenvalue weighted by Crippen LogP contribution is -2.64. The second-order valence-electron chi connectivity index (χ2n) is 11.0. The van der Waals surface area contributed by atoms with Crippen LogP contribution in [-0.2, 0) is 9.59 Å². The Morgan fingerprint density at radius 2 is 1.94 bits per heavy atom. The third kappa shape index (κ3) is 4.33. The fraction of sp³-hybridized carbons (Fsp3) is 0.615. The largest absolute Gasteiger partial charge is 0.340 e. The number of benzene rings is 1. The normalized spacial score (nSPS) is 28.8. The van der Waals surface area contributed by atoms with E-state index in [1.807, 2.05) is 4.90 Å². The van der Waals surface area contributed by atoms with E-state index < -0.39 is 0 Å². The van der Waals surface area contributed by atoms with Crippen molar-refractivity contribution in [3.63, 3.8) is 0 Å². The highest BCUT2D eigenvalue weighted by atomic mass is 35.5. The fourth-order valence-electron chi connectivity index (χ4n) is 6.30. The maximum Gasteiger partial charge on any atom is 0.245 e. The van der Waals surface area contributed by atoms with Gasteiger partial charge in [0.1, 0.15) is 5.82 Å². The van der Waals surface area contributed by atoms with Crippen molar-refractivity contribution in [1.29, 1.82) is 0 Å². The highest BCUT2D eigenvalue weighted by Gasteiger charge is 2.50. The topological polar surface area (TPSA) is 40.6 Å². The Kier molecular flexibility index (Phi) is 6.17. The van der Waals surface area contributed by atoms with Crippen LogP contribution in [-0.4, -0.2) is 47.3 Å². The number of hydrogen-bond donors (Lipinski definition) is 0. The number of halogens is 2. The van der Waals surface area contributed by atoms with Crippen molar-refractivity contribution in [3.8, 4) is 0 Å². The molecule has 2 amide bonds. The first-order chi connectivity index (χ1) is 15.0. The summed E-state index contributed by atoms with van der Waals surface area (Å²) < 4.78 is 13.7. The van der Waals surface area contributed by atoms with Crippen molar-refractivity contribution in [2.45, 2.75) is 64.8 Å². The molecular weight excluding hydrogens is 427 g/mol. The summed E-state index contributed by atoms with van der Waals surface area (Å²) in [7, 11) is 0. The molecule has 4 nitrogen and oxygen atoms in total. The molecule has 0 unspecified atom stereocenters. The average Bonchev–Trinajstić information content (AvgIpc) is 2.70. The molecule has 6 heteroatoms. The van der Waals surface area contributed by atoms with E-state index in [1.165, 1.54) is 18.2 Å². The first-order valence-electron chi connectivity index (χ1n) is 11.7. The molecule has 1 saturated carbocycles. The zero-order valence-electron chi connectivity index (χ0n) is 19.4. The van der Waals surface area contributed by atoms with E-state index in [4.69, 9.17) is 11.6 Å². The molecule has 3 fully saturated rings. The quantitative estimate of drug-likeness (QED) is 0.565. The number of piperidine rings is 1. The van der Waals surface area contributed by atoms with E-state index in [0.29, 0.717) is 5.02 Å². The van der Waals surface area contributed by atoms with E-state index in [-0.39, 0.29) is 46.3 Å². The van der Waals surface area contributed by atoms with Crippen molar-refractivity contribution in [2.75, 3.05) is 19.6 Å². The van der Waals surface area contributed by atoms with Gasteiger partial charge in [0.05, 0.1) is 0 Å². The molecule has 3 atom stereocenters. The summed E-state index contributed by atoms with van der Waals surface area (Å²) in [6.45, 7) is 12.4. The summed E-state index contributed by atoms with van der Waals surface area (Å²) >= 11 is 6.45. The van der Waals surface area contributed by atoms with Gasteiger partial charge in [-0.3, -0.25) is 9.59 Å². The second-order valence-corrected chi connectivity index (χ2v) is 11.4. The van der Waals surface area contributed by atoms with Crippen molar-refractivity contribution in [2.24, 2.45) is 16.7 Å². The van der Waals surface area contributed by atoms with Crippen LogP contribution in [0.2, 0.25) is 5.02 Å². The van der Waals surface area contributed by atoms with Crippen molar-refractivity contribution >= 4 is 23.4 Å². The molecule has 2 heterocycles. The van der Waals surface area contributed by atoms with Crippen LogP contribution in [0.1, 0.15) is 64.4 Å². The van der Waals surface area contributed by atoms with E-state index in [1.54, 1.807) is 6.07 Å². The summed E-state index contributed by atoms with van der Waals surface area (Å²) in [5.74, 6) is -0.303. The Bertz CT molecular complexity index is 924. The van der Waals surface area contributed by atoms with Crippen LogP contribution in [0.25, 0.3) is 0 Å². The van der Waals surface area contributed by atoms with E-state index in [9.17, 15) is 14.0 Å². The lowest BCUT2D eigenvalue weighted by atomic mass is 9.64. The highest BCUT2D eigenvalue weighted by molar-refractivity contribution is 6.31. The molecule has 2 saturated heterocycles. The molecule has 1 aromatic rings. The van der Waals surface area contributed by atoms with Gasteiger partial charge in [-0.05, 0) is 74.1 Å². The molecule has 0 bridgehead atoms. The number of carbonyl (C=O) groups excluding carboxylic acids is 2.